The minimum atomic E-state index is -4.48. The van der Waals surface area contributed by atoms with Crippen LogP contribution in [0.25, 0.3) is 0 Å². The molecule has 0 fully saturated rings. The molecule has 0 radical (unpaired) electrons. The van der Waals surface area contributed by atoms with Crippen molar-refractivity contribution >= 4 is 13.8 Å². The van der Waals surface area contributed by atoms with Gasteiger partial charge in [0.1, 0.15) is 0 Å². The van der Waals surface area contributed by atoms with E-state index in [1.54, 1.807) is 0 Å². The fourth-order valence-corrected chi connectivity index (χ4v) is 2.54. The third-order valence-electron chi connectivity index (χ3n) is 2.97. The molecule has 1 atom stereocenters. The molecule has 0 aromatic carbocycles. The van der Waals surface area contributed by atoms with Gasteiger partial charge in [0.15, 0.2) is 0 Å². The normalized spacial score (nSPS) is 13.7. The van der Waals surface area contributed by atoms with E-state index in [0.717, 1.165) is 23.5 Å². The lowest BCUT2D eigenvalue weighted by Crippen LogP contribution is -2.35. The highest BCUT2D eigenvalue weighted by atomic mass is 31.2. The van der Waals surface area contributed by atoms with Gasteiger partial charge in [-0.25, -0.2) is 9.36 Å². The Morgan fingerprint density at radius 1 is 1.23 bits per heavy atom. The first-order valence-corrected chi connectivity index (χ1v) is 8.90. The first-order valence-electron chi connectivity index (χ1n) is 7.37. The largest absolute Gasteiger partial charge is 0.469 e. The first kappa shape index (κ1) is 21.3. The SMILES string of the molecule is C=CC(=O)OCCCCC(CCC[N+](C)(C)C)OP(=O)(O)O. The average molecular weight is 338 g/mol. The summed E-state index contributed by atoms with van der Waals surface area (Å²) in [5, 5.41) is 0. The maximum atomic E-state index is 11.0. The van der Waals surface area contributed by atoms with Crippen LogP contribution in [0.3, 0.4) is 0 Å². The van der Waals surface area contributed by atoms with Crippen LogP contribution in [-0.4, -0.2) is 60.6 Å². The highest BCUT2D eigenvalue weighted by Gasteiger charge is 2.22. The molecule has 0 aromatic heterocycles. The summed E-state index contributed by atoms with van der Waals surface area (Å²) >= 11 is 0. The molecule has 0 aliphatic heterocycles. The van der Waals surface area contributed by atoms with Gasteiger partial charge >= 0.3 is 13.8 Å². The number of unbranched alkanes of at least 4 members (excludes halogenated alkanes) is 1. The van der Waals surface area contributed by atoms with Crippen molar-refractivity contribution in [1.82, 2.24) is 0 Å². The number of hydrogen-bond donors (Lipinski definition) is 2. The molecule has 0 aliphatic rings. The van der Waals surface area contributed by atoms with Crippen LogP contribution in [0.1, 0.15) is 32.1 Å². The number of phosphoric acid groups is 1. The maximum Gasteiger partial charge on any atom is 0.469 e. The second-order valence-corrected chi connectivity index (χ2v) is 7.43. The number of carbonyl (C=O) groups is 1. The smallest absolute Gasteiger partial charge is 0.463 e. The number of hydrogen-bond acceptors (Lipinski definition) is 4. The zero-order chi connectivity index (χ0) is 17.2. The summed E-state index contributed by atoms with van der Waals surface area (Å²) in [7, 11) is 1.70. The standard InChI is InChI=1S/C14H28NO6P/c1-5-14(16)20-12-7-6-9-13(21-22(17,18)19)10-8-11-15(2,3)4/h5,13H,1,6-12H2,2-4H3,(H-,17,18,19)/p+1. The predicted molar refractivity (Wildman–Crippen MR) is 84.1 cm³/mol. The molecule has 0 rings (SSSR count). The Bertz CT molecular complexity index is 387. The van der Waals surface area contributed by atoms with Gasteiger partial charge in [-0.2, -0.15) is 0 Å². The number of quaternary nitrogens is 1. The molecule has 130 valence electrons. The van der Waals surface area contributed by atoms with Crippen LogP contribution in [0.15, 0.2) is 12.7 Å². The molecule has 0 amide bonds. The van der Waals surface area contributed by atoms with Crippen LogP contribution in [0.2, 0.25) is 0 Å². The first-order chi connectivity index (χ1) is 10.0. The topological polar surface area (TPSA) is 93.1 Å². The highest BCUT2D eigenvalue weighted by molar-refractivity contribution is 7.46. The van der Waals surface area contributed by atoms with E-state index >= 15 is 0 Å². The van der Waals surface area contributed by atoms with Crippen molar-refractivity contribution in [2.24, 2.45) is 0 Å². The zero-order valence-electron chi connectivity index (χ0n) is 13.7. The molecule has 0 heterocycles. The molecule has 0 bridgehead atoms. The van der Waals surface area contributed by atoms with E-state index < -0.39 is 19.9 Å². The van der Waals surface area contributed by atoms with Crippen molar-refractivity contribution in [3.63, 3.8) is 0 Å². The number of esters is 1. The van der Waals surface area contributed by atoms with Gasteiger partial charge in [0.05, 0.1) is 40.4 Å². The summed E-state index contributed by atoms with van der Waals surface area (Å²) in [6, 6.07) is 0. The van der Waals surface area contributed by atoms with Crippen LogP contribution < -0.4 is 0 Å². The Morgan fingerprint density at radius 2 is 1.82 bits per heavy atom. The summed E-state index contributed by atoms with van der Waals surface area (Å²) < 4.78 is 21.5. The number of phosphoric ester groups is 1. The molecule has 0 aromatic rings. The van der Waals surface area contributed by atoms with E-state index in [1.807, 2.05) is 0 Å². The van der Waals surface area contributed by atoms with Gasteiger partial charge in [0.2, 0.25) is 0 Å². The van der Waals surface area contributed by atoms with Crippen LogP contribution in [0, 0.1) is 0 Å². The predicted octanol–water partition coefficient (Wildman–Crippen LogP) is 1.85. The second-order valence-electron chi connectivity index (χ2n) is 6.24. The number of rotatable bonds is 12. The van der Waals surface area contributed by atoms with E-state index in [2.05, 4.69) is 27.7 Å². The van der Waals surface area contributed by atoms with Crippen molar-refractivity contribution in [1.29, 1.82) is 0 Å². The van der Waals surface area contributed by atoms with E-state index in [0.29, 0.717) is 25.7 Å². The second kappa shape index (κ2) is 10.1. The number of nitrogens with zero attached hydrogens (tertiary/aromatic N) is 1. The number of ether oxygens (including phenoxy) is 1. The molecular weight excluding hydrogens is 309 g/mol. The van der Waals surface area contributed by atoms with E-state index in [4.69, 9.17) is 19.0 Å². The lowest BCUT2D eigenvalue weighted by molar-refractivity contribution is -0.870. The van der Waals surface area contributed by atoms with Gasteiger partial charge in [-0.1, -0.05) is 6.58 Å². The van der Waals surface area contributed by atoms with Crippen molar-refractivity contribution in [3.05, 3.63) is 12.7 Å². The van der Waals surface area contributed by atoms with Crippen LogP contribution in [0.4, 0.5) is 0 Å². The van der Waals surface area contributed by atoms with E-state index in [-0.39, 0.29) is 6.61 Å². The summed E-state index contributed by atoms with van der Waals surface area (Å²) in [4.78, 5) is 28.8. The molecular formula is C14H29NO6P+. The summed E-state index contributed by atoms with van der Waals surface area (Å²) in [5.74, 6) is -0.467. The van der Waals surface area contributed by atoms with Crippen molar-refractivity contribution in [2.45, 2.75) is 38.2 Å². The summed E-state index contributed by atoms with van der Waals surface area (Å²) in [6.45, 7) is 4.47. The zero-order valence-corrected chi connectivity index (χ0v) is 14.6. The van der Waals surface area contributed by atoms with Crippen molar-refractivity contribution in [2.75, 3.05) is 34.3 Å². The lowest BCUT2D eigenvalue weighted by Gasteiger charge is -2.25. The molecule has 22 heavy (non-hydrogen) atoms. The molecule has 0 spiro atoms. The molecule has 0 saturated carbocycles. The quantitative estimate of drug-likeness (QED) is 0.185. The van der Waals surface area contributed by atoms with Gasteiger partial charge in [-0.05, 0) is 32.1 Å². The maximum absolute atomic E-state index is 11.0. The van der Waals surface area contributed by atoms with Gasteiger partial charge in [0, 0.05) is 6.08 Å². The van der Waals surface area contributed by atoms with E-state index in [1.165, 1.54) is 0 Å². The van der Waals surface area contributed by atoms with Crippen molar-refractivity contribution in [3.8, 4) is 0 Å². The molecule has 0 aliphatic carbocycles. The minimum absolute atomic E-state index is 0.270. The third kappa shape index (κ3) is 14.2. The summed E-state index contributed by atoms with van der Waals surface area (Å²) in [6.07, 6.45) is 3.84. The fraction of sp³-hybridized carbons (Fsp3) is 0.786. The average Bonchev–Trinajstić information content (AvgIpc) is 2.34. The molecule has 7 nitrogen and oxygen atoms in total. The van der Waals surface area contributed by atoms with Crippen LogP contribution in [-0.2, 0) is 18.6 Å². The Kier molecular flexibility index (Phi) is 9.80. The van der Waals surface area contributed by atoms with Crippen LogP contribution >= 0.6 is 7.82 Å². The van der Waals surface area contributed by atoms with Crippen LogP contribution in [0.5, 0.6) is 0 Å². The van der Waals surface area contributed by atoms with Gasteiger partial charge in [-0.3, -0.25) is 4.52 Å². The summed E-state index contributed by atoms with van der Waals surface area (Å²) in [5.41, 5.74) is 0. The number of carbonyl (C=O) groups excluding carboxylic acids is 1. The Balaban J connectivity index is 4.11. The van der Waals surface area contributed by atoms with Gasteiger partial charge < -0.3 is 19.0 Å². The Labute approximate surface area is 132 Å². The Morgan fingerprint density at radius 3 is 2.32 bits per heavy atom. The fourth-order valence-electron chi connectivity index (χ4n) is 1.94. The highest BCUT2D eigenvalue weighted by Crippen LogP contribution is 2.39. The molecule has 0 saturated heterocycles. The third-order valence-corrected chi connectivity index (χ3v) is 3.55. The minimum Gasteiger partial charge on any atom is -0.463 e. The monoisotopic (exact) mass is 338 g/mol. The molecule has 8 heteroatoms. The molecule has 2 N–H and O–H groups in total. The lowest BCUT2D eigenvalue weighted by atomic mass is 10.1. The molecule has 1 unspecified atom stereocenters. The van der Waals surface area contributed by atoms with Crippen molar-refractivity contribution < 1.29 is 32.9 Å². The van der Waals surface area contributed by atoms with Gasteiger partial charge in [0.25, 0.3) is 0 Å². The Hall–Kier alpha value is -0.720. The van der Waals surface area contributed by atoms with Gasteiger partial charge in [-0.15, -0.1) is 0 Å². The van der Waals surface area contributed by atoms with E-state index in [9.17, 15) is 9.36 Å².